The highest BCUT2D eigenvalue weighted by Crippen LogP contribution is 2.51. The maximum absolute atomic E-state index is 10.8. The number of amides is 2. The highest BCUT2D eigenvalue weighted by atomic mass is 16.2. The van der Waals surface area contributed by atoms with Gasteiger partial charge in [0.15, 0.2) is 0 Å². The lowest BCUT2D eigenvalue weighted by atomic mass is 9.61. The van der Waals surface area contributed by atoms with Crippen LogP contribution in [0.1, 0.15) is 26.7 Å². The lowest BCUT2D eigenvalue weighted by Crippen LogP contribution is -2.61. The zero-order chi connectivity index (χ0) is 9.64. The van der Waals surface area contributed by atoms with Crippen LogP contribution >= 0.6 is 0 Å². The monoisotopic (exact) mass is 180 g/mol. The molecule has 13 heavy (non-hydrogen) atoms. The average Bonchev–Trinajstić information content (AvgIpc) is 2.26. The molecule has 2 aliphatic rings. The van der Waals surface area contributed by atoms with E-state index in [-0.39, 0.29) is 5.54 Å². The van der Waals surface area contributed by atoms with Gasteiger partial charge in [-0.15, -0.1) is 0 Å². The number of hydrogen-bond donors (Lipinski definition) is 2. The zero-order valence-corrected chi connectivity index (χ0v) is 8.13. The van der Waals surface area contributed by atoms with E-state index in [0.29, 0.717) is 5.92 Å². The minimum Gasteiger partial charge on any atom is -0.352 e. The van der Waals surface area contributed by atoms with Crippen molar-refractivity contribution in [2.75, 3.05) is 0 Å². The Morgan fingerprint density at radius 1 is 1.77 bits per heavy atom. The van der Waals surface area contributed by atoms with Gasteiger partial charge in [0.05, 0.1) is 0 Å². The Balaban J connectivity index is 2.08. The van der Waals surface area contributed by atoms with Crippen molar-refractivity contribution in [3.05, 3.63) is 11.6 Å². The first-order valence-electron chi connectivity index (χ1n) is 4.76. The summed E-state index contributed by atoms with van der Waals surface area (Å²) < 4.78 is 0. The van der Waals surface area contributed by atoms with Crippen LogP contribution in [0.5, 0.6) is 0 Å². The van der Waals surface area contributed by atoms with Crippen LogP contribution < -0.4 is 11.1 Å². The fourth-order valence-corrected chi connectivity index (χ4v) is 2.89. The summed E-state index contributed by atoms with van der Waals surface area (Å²) in [6.07, 6.45) is 4.54. The molecule has 72 valence electrons. The molecule has 0 spiro atoms. The predicted octanol–water partition coefficient (Wildman–Crippen LogP) is 1.40. The maximum atomic E-state index is 10.8. The molecule has 0 heterocycles. The van der Waals surface area contributed by atoms with Crippen LogP contribution in [-0.4, -0.2) is 11.6 Å². The van der Waals surface area contributed by atoms with E-state index in [1.165, 1.54) is 12.0 Å². The lowest BCUT2D eigenvalue weighted by Gasteiger charge is -2.50. The third kappa shape index (κ3) is 1.23. The first-order chi connectivity index (χ1) is 6.01. The molecule has 2 amide bonds. The van der Waals surface area contributed by atoms with Gasteiger partial charge in [0, 0.05) is 11.5 Å². The summed E-state index contributed by atoms with van der Waals surface area (Å²) in [4.78, 5) is 10.8. The molecule has 2 rings (SSSR count). The molecule has 3 heteroatoms. The average molecular weight is 180 g/mol. The number of hydrogen-bond acceptors (Lipinski definition) is 1. The van der Waals surface area contributed by atoms with Gasteiger partial charge in [0.25, 0.3) is 0 Å². The summed E-state index contributed by atoms with van der Waals surface area (Å²) in [7, 11) is 0. The summed E-state index contributed by atoms with van der Waals surface area (Å²) in [6, 6.07) is -0.404. The molecular weight excluding hydrogens is 164 g/mol. The Morgan fingerprint density at radius 2 is 2.46 bits per heavy atom. The number of nitrogens with two attached hydrogens (primary N) is 1. The fraction of sp³-hybridized carbons (Fsp3) is 0.700. The topological polar surface area (TPSA) is 55.1 Å². The van der Waals surface area contributed by atoms with Gasteiger partial charge < -0.3 is 11.1 Å². The van der Waals surface area contributed by atoms with Gasteiger partial charge in [0.1, 0.15) is 0 Å². The maximum Gasteiger partial charge on any atom is 0.312 e. The number of fused-ring (bicyclic) bond motifs is 1. The number of rotatable bonds is 1. The van der Waals surface area contributed by atoms with E-state index in [4.69, 9.17) is 5.73 Å². The Labute approximate surface area is 78.4 Å². The van der Waals surface area contributed by atoms with Crippen molar-refractivity contribution in [1.29, 1.82) is 0 Å². The molecule has 0 aromatic heterocycles. The van der Waals surface area contributed by atoms with Gasteiger partial charge in [-0.05, 0) is 32.6 Å². The van der Waals surface area contributed by atoms with Gasteiger partial charge in [0.2, 0.25) is 0 Å². The minimum absolute atomic E-state index is 0.0751. The molecule has 3 nitrogen and oxygen atoms in total. The molecule has 3 N–H and O–H groups in total. The number of urea groups is 1. The van der Waals surface area contributed by atoms with Crippen LogP contribution in [0.4, 0.5) is 4.79 Å². The van der Waals surface area contributed by atoms with E-state index >= 15 is 0 Å². The molecule has 0 aromatic carbocycles. The first kappa shape index (κ1) is 8.60. The SMILES string of the molecule is CC1=CC2C(C1)CC2(C)NC(N)=O. The van der Waals surface area contributed by atoms with Crippen LogP contribution in [0, 0.1) is 11.8 Å². The summed E-state index contributed by atoms with van der Waals surface area (Å²) in [5, 5.41) is 2.84. The smallest absolute Gasteiger partial charge is 0.312 e. The molecule has 0 aromatic rings. The third-order valence-corrected chi connectivity index (χ3v) is 3.39. The van der Waals surface area contributed by atoms with E-state index in [1.807, 2.05) is 0 Å². The van der Waals surface area contributed by atoms with Crippen molar-refractivity contribution in [2.45, 2.75) is 32.2 Å². The minimum atomic E-state index is -0.404. The van der Waals surface area contributed by atoms with Crippen molar-refractivity contribution in [3.63, 3.8) is 0 Å². The van der Waals surface area contributed by atoms with E-state index in [0.717, 1.165) is 12.3 Å². The van der Waals surface area contributed by atoms with Crippen LogP contribution in [0.2, 0.25) is 0 Å². The van der Waals surface area contributed by atoms with E-state index < -0.39 is 6.03 Å². The van der Waals surface area contributed by atoms with Crippen molar-refractivity contribution < 1.29 is 4.79 Å². The molecule has 0 radical (unpaired) electrons. The molecule has 2 aliphatic carbocycles. The van der Waals surface area contributed by atoms with Gasteiger partial charge in [-0.25, -0.2) is 4.79 Å². The van der Waals surface area contributed by atoms with Gasteiger partial charge in [-0.3, -0.25) is 0 Å². The predicted molar refractivity (Wildman–Crippen MR) is 51.1 cm³/mol. The van der Waals surface area contributed by atoms with E-state index in [1.54, 1.807) is 0 Å². The van der Waals surface area contributed by atoms with Crippen LogP contribution in [0.3, 0.4) is 0 Å². The van der Waals surface area contributed by atoms with Crippen molar-refractivity contribution >= 4 is 6.03 Å². The number of allylic oxidation sites excluding steroid dienone is 1. The Hall–Kier alpha value is -0.990. The highest BCUT2D eigenvalue weighted by Gasteiger charge is 2.52. The van der Waals surface area contributed by atoms with Crippen LogP contribution in [-0.2, 0) is 0 Å². The molecule has 0 saturated heterocycles. The second kappa shape index (κ2) is 2.50. The quantitative estimate of drug-likeness (QED) is 0.589. The Kier molecular flexibility index (Phi) is 1.65. The number of carbonyl (C=O) groups excluding carboxylic acids is 1. The second-order valence-corrected chi connectivity index (χ2v) is 4.61. The summed E-state index contributed by atoms with van der Waals surface area (Å²) in [5.74, 6) is 1.26. The second-order valence-electron chi connectivity index (χ2n) is 4.61. The first-order valence-corrected chi connectivity index (χ1v) is 4.76. The zero-order valence-electron chi connectivity index (χ0n) is 8.13. The molecule has 1 saturated carbocycles. The highest BCUT2D eigenvalue weighted by molar-refractivity contribution is 5.73. The van der Waals surface area contributed by atoms with Gasteiger partial charge in [-0.1, -0.05) is 11.6 Å². The van der Waals surface area contributed by atoms with Gasteiger partial charge >= 0.3 is 6.03 Å². The lowest BCUT2D eigenvalue weighted by molar-refractivity contribution is 0.0772. The fourth-order valence-electron chi connectivity index (χ4n) is 2.89. The molecule has 0 bridgehead atoms. The molecule has 3 atom stereocenters. The summed E-state index contributed by atoms with van der Waals surface area (Å²) in [6.45, 7) is 4.23. The summed E-state index contributed by atoms with van der Waals surface area (Å²) in [5.41, 5.74) is 6.51. The molecule has 1 fully saturated rings. The standard InChI is InChI=1S/C10H16N2O/c1-6-3-7-5-10(2,8(7)4-6)12-9(11)13/h4,7-8H,3,5H2,1-2H3,(H3,11,12,13). The van der Waals surface area contributed by atoms with Crippen molar-refractivity contribution in [1.82, 2.24) is 5.32 Å². The Bertz CT molecular complexity index is 285. The van der Waals surface area contributed by atoms with Crippen molar-refractivity contribution in [2.24, 2.45) is 17.6 Å². The van der Waals surface area contributed by atoms with E-state index in [2.05, 4.69) is 25.2 Å². The third-order valence-electron chi connectivity index (χ3n) is 3.39. The molecular formula is C10H16N2O. The molecule has 3 unspecified atom stereocenters. The number of nitrogens with one attached hydrogen (secondary N) is 1. The Morgan fingerprint density at radius 3 is 3.00 bits per heavy atom. The van der Waals surface area contributed by atoms with Crippen LogP contribution in [0.25, 0.3) is 0 Å². The number of primary amides is 1. The number of carbonyl (C=O) groups is 1. The summed E-state index contributed by atoms with van der Waals surface area (Å²) >= 11 is 0. The van der Waals surface area contributed by atoms with Crippen LogP contribution in [0.15, 0.2) is 11.6 Å². The van der Waals surface area contributed by atoms with E-state index in [9.17, 15) is 4.79 Å². The normalized spacial score (nSPS) is 41.8. The largest absolute Gasteiger partial charge is 0.352 e. The molecule has 0 aliphatic heterocycles. The van der Waals surface area contributed by atoms with Crippen molar-refractivity contribution in [3.8, 4) is 0 Å². The van der Waals surface area contributed by atoms with Gasteiger partial charge in [-0.2, -0.15) is 0 Å².